The quantitative estimate of drug-likeness (QED) is 0.740. The molecule has 0 bridgehead atoms. The molecule has 1 fully saturated rings. The molecule has 1 saturated heterocycles. The average Bonchev–Trinajstić information content (AvgIpc) is 2.47. The molecule has 1 atom stereocenters. The molecule has 108 valence electrons. The van der Waals surface area contributed by atoms with Crippen molar-refractivity contribution in [3.05, 3.63) is 35.4 Å². The van der Waals surface area contributed by atoms with Crippen molar-refractivity contribution in [1.29, 1.82) is 0 Å². The summed E-state index contributed by atoms with van der Waals surface area (Å²) in [7, 11) is 1.36. The first-order valence-electron chi connectivity index (χ1n) is 6.53. The number of rotatable bonds is 4. The van der Waals surface area contributed by atoms with Crippen LogP contribution >= 0.6 is 0 Å². The third-order valence-electron chi connectivity index (χ3n) is 3.44. The van der Waals surface area contributed by atoms with E-state index in [0.717, 1.165) is 18.7 Å². The summed E-state index contributed by atoms with van der Waals surface area (Å²) >= 11 is 0. The normalized spacial score (nSPS) is 19.6. The Morgan fingerprint density at radius 2 is 2.10 bits per heavy atom. The molecule has 2 rings (SSSR count). The summed E-state index contributed by atoms with van der Waals surface area (Å²) in [6.45, 7) is 2.82. The van der Waals surface area contributed by atoms with E-state index in [2.05, 4.69) is 10.1 Å². The Morgan fingerprint density at radius 1 is 1.40 bits per heavy atom. The number of piperazine rings is 1. The largest absolute Gasteiger partial charge is 0.465 e. The van der Waals surface area contributed by atoms with Gasteiger partial charge in [0, 0.05) is 26.2 Å². The summed E-state index contributed by atoms with van der Waals surface area (Å²) in [5, 5.41) is 3.16. The van der Waals surface area contributed by atoms with Gasteiger partial charge in [0.05, 0.1) is 12.7 Å². The van der Waals surface area contributed by atoms with Crippen molar-refractivity contribution >= 4 is 11.9 Å². The van der Waals surface area contributed by atoms with E-state index in [-0.39, 0.29) is 17.9 Å². The molecule has 1 aliphatic rings. The van der Waals surface area contributed by atoms with Crippen molar-refractivity contribution in [2.75, 3.05) is 26.7 Å². The van der Waals surface area contributed by atoms with E-state index in [1.165, 1.54) is 7.11 Å². The molecule has 20 heavy (non-hydrogen) atoms. The lowest BCUT2D eigenvalue weighted by atomic mass is 10.1. The molecule has 0 aromatic heterocycles. The average molecular weight is 277 g/mol. The molecule has 0 spiro atoms. The van der Waals surface area contributed by atoms with E-state index in [9.17, 15) is 9.59 Å². The second-order valence-electron chi connectivity index (χ2n) is 4.78. The standard InChI is InChI=1S/C14H19N3O3/c1-20-14(19)11-4-2-10(3-5-11)9-17-7-6-16-8-12(17)13(15)18/h2-5,12,16H,6-9H2,1H3,(H2,15,18). The lowest BCUT2D eigenvalue weighted by molar-refractivity contribution is -0.124. The van der Waals surface area contributed by atoms with Crippen LogP contribution in [0.25, 0.3) is 0 Å². The highest BCUT2D eigenvalue weighted by Gasteiger charge is 2.26. The van der Waals surface area contributed by atoms with Gasteiger partial charge < -0.3 is 15.8 Å². The molecule has 1 aromatic rings. The first-order valence-corrected chi connectivity index (χ1v) is 6.53. The number of carbonyl (C=O) groups is 2. The van der Waals surface area contributed by atoms with Gasteiger partial charge in [-0.15, -0.1) is 0 Å². The Bertz CT molecular complexity index is 487. The van der Waals surface area contributed by atoms with Crippen LogP contribution in [0.15, 0.2) is 24.3 Å². The Hall–Kier alpha value is -1.92. The van der Waals surface area contributed by atoms with Crippen LogP contribution < -0.4 is 11.1 Å². The molecule has 0 saturated carbocycles. The van der Waals surface area contributed by atoms with Crippen molar-refractivity contribution in [3.63, 3.8) is 0 Å². The van der Waals surface area contributed by atoms with Crippen molar-refractivity contribution in [2.45, 2.75) is 12.6 Å². The van der Waals surface area contributed by atoms with Gasteiger partial charge in [-0.1, -0.05) is 12.1 Å². The fraction of sp³-hybridized carbons (Fsp3) is 0.429. The Morgan fingerprint density at radius 3 is 2.70 bits per heavy atom. The minimum absolute atomic E-state index is 0.288. The van der Waals surface area contributed by atoms with Crippen molar-refractivity contribution < 1.29 is 14.3 Å². The summed E-state index contributed by atoms with van der Waals surface area (Å²) in [6.07, 6.45) is 0. The summed E-state index contributed by atoms with van der Waals surface area (Å²) in [6, 6.07) is 6.90. The molecule has 6 nitrogen and oxygen atoms in total. The number of hydrogen-bond acceptors (Lipinski definition) is 5. The number of primary amides is 1. The minimum Gasteiger partial charge on any atom is -0.465 e. The maximum Gasteiger partial charge on any atom is 0.337 e. The predicted octanol–water partition coefficient (Wildman–Crippen LogP) is -0.268. The number of carbonyl (C=O) groups excluding carboxylic acids is 2. The van der Waals surface area contributed by atoms with Gasteiger partial charge in [-0.05, 0) is 17.7 Å². The molecule has 1 unspecified atom stereocenters. The maximum atomic E-state index is 11.4. The Balaban J connectivity index is 2.05. The monoisotopic (exact) mass is 277 g/mol. The van der Waals surface area contributed by atoms with Crippen LogP contribution in [0, 0.1) is 0 Å². The van der Waals surface area contributed by atoms with Crippen LogP contribution in [0.1, 0.15) is 15.9 Å². The number of hydrogen-bond donors (Lipinski definition) is 2. The zero-order valence-corrected chi connectivity index (χ0v) is 11.5. The zero-order chi connectivity index (χ0) is 14.5. The fourth-order valence-corrected chi connectivity index (χ4v) is 2.31. The minimum atomic E-state index is -0.353. The topological polar surface area (TPSA) is 84.7 Å². The lowest BCUT2D eigenvalue weighted by Gasteiger charge is -2.34. The van der Waals surface area contributed by atoms with Crippen molar-refractivity contribution in [3.8, 4) is 0 Å². The summed E-state index contributed by atoms with van der Waals surface area (Å²) in [5.41, 5.74) is 6.96. The van der Waals surface area contributed by atoms with Crippen LogP contribution in [0.5, 0.6) is 0 Å². The van der Waals surface area contributed by atoms with E-state index < -0.39 is 0 Å². The van der Waals surface area contributed by atoms with E-state index in [0.29, 0.717) is 18.7 Å². The van der Waals surface area contributed by atoms with E-state index in [4.69, 9.17) is 5.73 Å². The fourth-order valence-electron chi connectivity index (χ4n) is 2.31. The Labute approximate surface area is 117 Å². The number of amides is 1. The molecule has 1 heterocycles. The molecule has 1 aromatic carbocycles. The molecule has 3 N–H and O–H groups in total. The van der Waals surface area contributed by atoms with Gasteiger partial charge in [0.2, 0.25) is 5.91 Å². The predicted molar refractivity (Wildman–Crippen MR) is 74.0 cm³/mol. The molecule has 6 heteroatoms. The lowest BCUT2D eigenvalue weighted by Crippen LogP contribution is -2.56. The number of nitrogens with zero attached hydrogens (tertiary/aromatic N) is 1. The first-order chi connectivity index (χ1) is 9.61. The van der Waals surface area contributed by atoms with Crippen molar-refractivity contribution in [2.24, 2.45) is 5.73 Å². The smallest absolute Gasteiger partial charge is 0.337 e. The number of esters is 1. The van der Waals surface area contributed by atoms with Crippen LogP contribution in [0.3, 0.4) is 0 Å². The summed E-state index contributed by atoms with van der Waals surface area (Å²) < 4.78 is 4.66. The van der Waals surface area contributed by atoms with Gasteiger partial charge in [0.15, 0.2) is 0 Å². The molecule has 1 aliphatic heterocycles. The van der Waals surface area contributed by atoms with Gasteiger partial charge in [-0.3, -0.25) is 9.69 Å². The van der Waals surface area contributed by atoms with Crippen LogP contribution in [0.4, 0.5) is 0 Å². The van der Waals surface area contributed by atoms with Gasteiger partial charge in [0.1, 0.15) is 6.04 Å². The zero-order valence-electron chi connectivity index (χ0n) is 11.5. The molecule has 1 amide bonds. The summed E-state index contributed by atoms with van der Waals surface area (Å²) in [4.78, 5) is 24.8. The SMILES string of the molecule is COC(=O)c1ccc(CN2CCNCC2C(N)=O)cc1. The number of ether oxygens (including phenoxy) is 1. The first kappa shape index (κ1) is 14.5. The number of benzene rings is 1. The van der Waals surface area contributed by atoms with E-state index >= 15 is 0 Å². The third-order valence-corrected chi connectivity index (χ3v) is 3.44. The van der Waals surface area contributed by atoms with E-state index in [1.807, 2.05) is 17.0 Å². The molecular weight excluding hydrogens is 258 g/mol. The number of nitrogens with one attached hydrogen (secondary N) is 1. The number of nitrogens with two attached hydrogens (primary N) is 1. The summed E-state index contributed by atoms with van der Waals surface area (Å²) in [5.74, 6) is -0.669. The highest BCUT2D eigenvalue weighted by atomic mass is 16.5. The molecule has 0 aliphatic carbocycles. The molecular formula is C14H19N3O3. The van der Waals surface area contributed by atoms with Crippen molar-refractivity contribution in [1.82, 2.24) is 10.2 Å². The highest BCUT2D eigenvalue weighted by Crippen LogP contribution is 2.12. The second kappa shape index (κ2) is 6.49. The second-order valence-corrected chi connectivity index (χ2v) is 4.78. The third kappa shape index (κ3) is 3.34. The number of methoxy groups -OCH3 is 1. The maximum absolute atomic E-state index is 11.4. The van der Waals surface area contributed by atoms with Gasteiger partial charge >= 0.3 is 5.97 Å². The van der Waals surface area contributed by atoms with E-state index in [1.54, 1.807) is 12.1 Å². The highest BCUT2D eigenvalue weighted by molar-refractivity contribution is 5.89. The van der Waals surface area contributed by atoms with Crippen LogP contribution in [0.2, 0.25) is 0 Å². The van der Waals surface area contributed by atoms with Gasteiger partial charge in [0.25, 0.3) is 0 Å². The molecule has 0 radical (unpaired) electrons. The van der Waals surface area contributed by atoms with Crippen LogP contribution in [-0.2, 0) is 16.1 Å². The Kier molecular flexibility index (Phi) is 4.70. The van der Waals surface area contributed by atoms with Gasteiger partial charge in [-0.2, -0.15) is 0 Å². The van der Waals surface area contributed by atoms with Crippen LogP contribution in [-0.4, -0.2) is 49.6 Å². The van der Waals surface area contributed by atoms with Gasteiger partial charge in [-0.25, -0.2) is 4.79 Å².